The summed E-state index contributed by atoms with van der Waals surface area (Å²) in [6.07, 6.45) is 2.95. The number of fused-ring (bicyclic) bond motifs is 1. The van der Waals surface area contributed by atoms with Crippen LogP contribution in [0.4, 0.5) is 8.78 Å². The van der Waals surface area contributed by atoms with Crippen LogP contribution in [0.3, 0.4) is 0 Å². The van der Waals surface area contributed by atoms with E-state index >= 15 is 0 Å². The molecular weight excluding hydrogens is 358 g/mol. The minimum atomic E-state index is -0.423. The molecule has 1 aliphatic heterocycles. The van der Waals surface area contributed by atoms with E-state index in [-0.39, 0.29) is 11.9 Å². The number of nitrogens with zero attached hydrogens (tertiary/aromatic N) is 2. The number of rotatable bonds is 5. The Kier molecular flexibility index (Phi) is 5.44. The second-order valence-corrected chi connectivity index (χ2v) is 7.06. The van der Waals surface area contributed by atoms with E-state index in [1.807, 2.05) is 49.5 Å². The maximum atomic E-state index is 14.8. The molecule has 3 nitrogen and oxygen atoms in total. The molecule has 0 spiro atoms. The molecule has 0 bridgehead atoms. The highest BCUT2D eigenvalue weighted by Gasteiger charge is 2.30. The number of aryl methyl sites for hydroxylation is 1. The van der Waals surface area contributed by atoms with Crippen molar-refractivity contribution in [1.82, 2.24) is 9.47 Å². The monoisotopic (exact) mass is 382 g/mol. The first-order chi connectivity index (χ1) is 13.7. The summed E-state index contributed by atoms with van der Waals surface area (Å²) in [6, 6.07) is 15.2. The average molecular weight is 382 g/mol. The van der Waals surface area contributed by atoms with E-state index in [0.717, 1.165) is 36.5 Å². The molecule has 1 aliphatic rings. The highest BCUT2D eigenvalue weighted by molar-refractivity contribution is 5.35. The molecule has 146 valence electrons. The average Bonchev–Trinajstić information content (AvgIpc) is 3.08. The lowest BCUT2D eigenvalue weighted by Gasteiger charge is -2.31. The van der Waals surface area contributed by atoms with E-state index in [2.05, 4.69) is 9.47 Å². The maximum Gasteiger partial charge on any atom is 0.128 e. The lowest BCUT2D eigenvalue weighted by molar-refractivity contribution is 0.212. The second-order valence-electron chi connectivity index (χ2n) is 7.06. The van der Waals surface area contributed by atoms with Crippen LogP contribution in [-0.4, -0.2) is 22.6 Å². The molecule has 1 atom stereocenters. The molecule has 0 saturated heterocycles. The standard InChI is InChI=1S/C23H24F2N2O/c1-2-28-22-9-4-3-7-17(22)16-27-14-6-13-26-12-5-8-21(26)23(27)19-15-18(24)10-11-20(19)25/h3-5,7-12,15,23H,2,6,13-14,16H2,1H3. The van der Waals surface area contributed by atoms with Crippen molar-refractivity contribution in [2.75, 3.05) is 13.2 Å². The molecule has 0 radical (unpaired) electrons. The molecule has 0 fully saturated rings. The van der Waals surface area contributed by atoms with Crippen LogP contribution >= 0.6 is 0 Å². The zero-order valence-electron chi connectivity index (χ0n) is 15.9. The van der Waals surface area contributed by atoms with Crippen LogP contribution in [0.15, 0.2) is 60.8 Å². The third-order valence-corrected chi connectivity index (χ3v) is 5.25. The highest BCUT2D eigenvalue weighted by Crippen LogP contribution is 2.35. The highest BCUT2D eigenvalue weighted by atomic mass is 19.1. The Bertz CT molecular complexity index is 953. The Morgan fingerprint density at radius 1 is 1.04 bits per heavy atom. The van der Waals surface area contributed by atoms with E-state index in [1.165, 1.54) is 18.2 Å². The van der Waals surface area contributed by atoms with Gasteiger partial charge in [0.15, 0.2) is 0 Å². The lowest BCUT2D eigenvalue weighted by Crippen LogP contribution is -2.30. The summed E-state index contributed by atoms with van der Waals surface area (Å²) < 4.78 is 36.7. The molecule has 4 rings (SSSR count). The van der Waals surface area contributed by atoms with Gasteiger partial charge in [-0.05, 0) is 49.7 Å². The lowest BCUT2D eigenvalue weighted by atomic mass is 10.00. The number of ether oxygens (including phenoxy) is 1. The largest absolute Gasteiger partial charge is 0.494 e. The van der Waals surface area contributed by atoms with Gasteiger partial charge in [0.2, 0.25) is 0 Å². The van der Waals surface area contributed by atoms with Crippen molar-refractivity contribution in [3.63, 3.8) is 0 Å². The predicted molar refractivity (Wildman–Crippen MR) is 105 cm³/mol. The van der Waals surface area contributed by atoms with Crippen molar-refractivity contribution >= 4 is 0 Å². The summed E-state index contributed by atoms with van der Waals surface area (Å²) in [4.78, 5) is 2.22. The van der Waals surface area contributed by atoms with Crippen LogP contribution in [0, 0.1) is 11.6 Å². The summed E-state index contributed by atoms with van der Waals surface area (Å²) in [5.74, 6) is 0.0284. The first-order valence-corrected chi connectivity index (χ1v) is 9.72. The van der Waals surface area contributed by atoms with E-state index in [1.54, 1.807) is 0 Å². The van der Waals surface area contributed by atoms with Gasteiger partial charge in [0.25, 0.3) is 0 Å². The zero-order chi connectivity index (χ0) is 19.5. The smallest absolute Gasteiger partial charge is 0.128 e. The van der Waals surface area contributed by atoms with Gasteiger partial charge in [0, 0.05) is 42.7 Å². The van der Waals surface area contributed by atoms with Crippen molar-refractivity contribution in [3.05, 3.63) is 89.2 Å². The minimum absolute atomic E-state index is 0.358. The molecule has 3 aromatic rings. The number of benzene rings is 2. The maximum absolute atomic E-state index is 14.8. The van der Waals surface area contributed by atoms with Crippen LogP contribution < -0.4 is 4.74 Å². The van der Waals surface area contributed by atoms with Crippen molar-refractivity contribution in [3.8, 4) is 5.75 Å². The fourth-order valence-electron chi connectivity index (χ4n) is 4.04. The Morgan fingerprint density at radius 3 is 2.75 bits per heavy atom. The molecule has 0 aliphatic carbocycles. The quantitative estimate of drug-likeness (QED) is 0.606. The van der Waals surface area contributed by atoms with Gasteiger partial charge in [0.1, 0.15) is 17.4 Å². The van der Waals surface area contributed by atoms with Crippen LogP contribution in [-0.2, 0) is 13.1 Å². The molecule has 2 heterocycles. The molecule has 1 aromatic heterocycles. The Hall–Kier alpha value is -2.66. The SMILES string of the molecule is CCOc1ccccc1CN1CCCn2cccc2C1c1cc(F)ccc1F. The second kappa shape index (κ2) is 8.15. The van der Waals surface area contributed by atoms with Crippen LogP contribution in [0.25, 0.3) is 0 Å². The Balaban J connectivity index is 1.78. The number of hydrogen-bond donors (Lipinski definition) is 0. The number of aromatic nitrogens is 1. The van der Waals surface area contributed by atoms with E-state index in [0.29, 0.717) is 18.7 Å². The fourth-order valence-corrected chi connectivity index (χ4v) is 4.04. The molecule has 1 unspecified atom stereocenters. The van der Waals surface area contributed by atoms with Crippen molar-refractivity contribution < 1.29 is 13.5 Å². The van der Waals surface area contributed by atoms with Crippen LogP contribution in [0.2, 0.25) is 0 Å². The van der Waals surface area contributed by atoms with Gasteiger partial charge in [-0.3, -0.25) is 4.90 Å². The Morgan fingerprint density at radius 2 is 1.89 bits per heavy atom. The van der Waals surface area contributed by atoms with E-state index in [4.69, 9.17) is 4.74 Å². The summed E-state index contributed by atoms with van der Waals surface area (Å²) in [5.41, 5.74) is 2.40. The first-order valence-electron chi connectivity index (χ1n) is 9.72. The summed E-state index contributed by atoms with van der Waals surface area (Å²) >= 11 is 0. The van der Waals surface area contributed by atoms with Gasteiger partial charge in [-0.25, -0.2) is 8.78 Å². The van der Waals surface area contributed by atoms with Crippen LogP contribution in [0.1, 0.15) is 36.2 Å². The molecule has 28 heavy (non-hydrogen) atoms. The summed E-state index contributed by atoms with van der Waals surface area (Å²) in [6.45, 7) is 4.78. The fraction of sp³-hybridized carbons (Fsp3) is 0.304. The van der Waals surface area contributed by atoms with Crippen molar-refractivity contribution in [2.45, 2.75) is 32.5 Å². The summed E-state index contributed by atoms with van der Waals surface area (Å²) in [5, 5.41) is 0. The van der Waals surface area contributed by atoms with E-state index < -0.39 is 5.82 Å². The molecule has 0 saturated carbocycles. The van der Waals surface area contributed by atoms with Gasteiger partial charge in [0.05, 0.1) is 12.6 Å². The molecule has 0 N–H and O–H groups in total. The number of para-hydroxylation sites is 1. The summed E-state index contributed by atoms with van der Waals surface area (Å²) in [7, 11) is 0. The Labute approximate surface area is 164 Å². The predicted octanol–water partition coefficient (Wildman–Crippen LogP) is 5.16. The van der Waals surface area contributed by atoms with Gasteiger partial charge in [-0.2, -0.15) is 0 Å². The van der Waals surface area contributed by atoms with Crippen LogP contribution in [0.5, 0.6) is 5.75 Å². The van der Waals surface area contributed by atoms with Gasteiger partial charge in [-0.1, -0.05) is 18.2 Å². The number of hydrogen-bond acceptors (Lipinski definition) is 2. The normalized spacial score (nSPS) is 17.2. The first kappa shape index (κ1) is 18.7. The molecule has 0 amide bonds. The zero-order valence-corrected chi connectivity index (χ0v) is 15.9. The van der Waals surface area contributed by atoms with E-state index in [9.17, 15) is 8.78 Å². The van der Waals surface area contributed by atoms with Crippen molar-refractivity contribution in [1.29, 1.82) is 0 Å². The number of halogens is 2. The minimum Gasteiger partial charge on any atom is -0.494 e. The van der Waals surface area contributed by atoms with Gasteiger partial charge >= 0.3 is 0 Å². The topological polar surface area (TPSA) is 17.4 Å². The van der Waals surface area contributed by atoms with Gasteiger partial charge in [-0.15, -0.1) is 0 Å². The third-order valence-electron chi connectivity index (χ3n) is 5.25. The molecule has 2 aromatic carbocycles. The third kappa shape index (κ3) is 3.67. The van der Waals surface area contributed by atoms with Crippen molar-refractivity contribution in [2.24, 2.45) is 0 Å². The van der Waals surface area contributed by atoms with Gasteiger partial charge < -0.3 is 9.30 Å². The molecular formula is C23H24F2N2O. The molecule has 5 heteroatoms.